The van der Waals surface area contributed by atoms with Crippen molar-refractivity contribution in [2.24, 2.45) is 5.41 Å². The van der Waals surface area contributed by atoms with E-state index >= 15 is 0 Å². The molecule has 0 aromatic rings. The number of nitriles is 1. The molecule has 1 saturated heterocycles. The van der Waals surface area contributed by atoms with Gasteiger partial charge in [0.15, 0.2) is 0 Å². The van der Waals surface area contributed by atoms with Crippen LogP contribution in [-0.2, 0) is 4.79 Å². The van der Waals surface area contributed by atoms with E-state index in [2.05, 4.69) is 16.3 Å². The molecule has 1 N–H and O–H groups in total. The van der Waals surface area contributed by atoms with Crippen molar-refractivity contribution in [1.29, 1.82) is 5.26 Å². The second-order valence-corrected chi connectivity index (χ2v) is 7.92. The number of amides is 1. The Morgan fingerprint density at radius 2 is 1.48 bits per heavy atom. The summed E-state index contributed by atoms with van der Waals surface area (Å²) >= 11 is 0. The lowest BCUT2D eigenvalue weighted by atomic mass is 9.78. The van der Waals surface area contributed by atoms with Crippen LogP contribution in [0.15, 0.2) is 0 Å². The van der Waals surface area contributed by atoms with E-state index in [1.807, 2.05) is 0 Å². The summed E-state index contributed by atoms with van der Waals surface area (Å²) in [7, 11) is 0. The van der Waals surface area contributed by atoms with Crippen molar-refractivity contribution in [3.05, 3.63) is 0 Å². The number of hydrogen-bond donors (Lipinski definition) is 1. The monoisotopic (exact) mass is 317 g/mol. The number of piperidine rings is 1. The minimum atomic E-state index is -0.738. The molecule has 2 saturated carbocycles. The molecular weight excluding hydrogens is 286 g/mol. The number of likely N-dealkylation sites (tertiary alicyclic amines) is 1. The van der Waals surface area contributed by atoms with Crippen LogP contribution in [-0.4, -0.2) is 36.0 Å². The van der Waals surface area contributed by atoms with Crippen LogP contribution in [0.3, 0.4) is 0 Å². The van der Waals surface area contributed by atoms with Gasteiger partial charge < -0.3 is 5.32 Å². The summed E-state index contributed by atoms with van der Waals surface area (Å²) in [6.07, 6.45) is 13.7. The Morgan fingerprint density at radius 3 is 2.09 bits per heavy atom. The summed E-state index contributed by atoms with van der Waals surface area (Å²) in [4.78, 5) is 15.4. The summed E-state index contributed by atoms with van der Waals surface area (Å²) < 4.78 is 0. The molecule has 0 atom stereocenters. The van der Waals surface area contributed by atoms with Crippen LogP contribution < -0.4 is 5.32 Å². The van der Waals surface area contributed by atoms with Gasteiger partial charge in [0.2, 0.25) is 5.91 Å². The second kappa shape index (κ2) is 7.21. The Hall–Kier alpha value is -1.08. The molecule has 1 amide bonds. The van der Waals surface area contributed by atoms with Crippen LogP contribution in [0, 0.1) is 16.7 Å². The SMILES string of the molecule is N#CC1(C(=O)NCC2(N3CCCCC3)CCCCC2)CCCC1. The first-order valence-corrected chi connectivity index (χ1v) is 9.66. The number of nitrogens with zero attached hydrogens (tertiary/aromatic N) is 2. The van der Waals surface area contributed by atoms with E-state index in [-0.39, 0.29) is 11.4 Å². The molecule has 0 aromatic heterocycles. The predicted molar refractivity (Wildman–Crippen MR) is 90.8 cm³/mol. The van der Waals surface area contributed by atoms with Crippen molar-refractivity contribution >= 4 is 5.91 Å². The standard InChI is InChI=1S/C19H31N3O/c20-15-18(9-5-6-10-18)17(23)21-16-19(11-3-1-4-12-19)22-13-7-2-8-14-22/h1-14,16H2,(H,21,23). The minimum Gasteiger partial charge on any atom is -0.353 e. The van der Waals surface area contributed by atoms with E-state index in [0.29, 0.717) is 0 Å². The number of hydrogen-bond acceptors (Lipinski definition) is 3. The molecule has 0 unspecified atom stereocenters. The van der Waals surface area contributed by atoms with Gasteiger partial charge in [0, 0.05) is 12.1 Å². The number of carbonyl (C=O) groups excluding carboxylic acids is 1. The van der Waals surface area contributed by atoms with Crippen LogP contribution in [0.4, 0.5) is 0 Å². The topological polar surface area (TPSA) is 56.1 Å². The zero-order valence-electron chi connectivity index (χ0n) is 14.4. The van der Waals surface area contributed by atoms with Gasteiger partial charge >= 0.3 is 0 Å². The predicted octanol–water partition coefficient (Wildman–Crippen LogP) is 3.38. The molecule has 4 heteroatoms. The number of nitrogens with one attached hydrogen (secondary N) is 1. The van der Waals surface area contributed by atoms with E-state index in [9.17, 15) is 10.1 Å². The van der Waals surface area contributed by atoms with Gasteiger partial charge in [0.25, 0.3) is 0 Å². The van der Waals surface area contributed by atoms with E-state index in [1.165, 1.54) is 64.5 Å². The van der Waals surface area contributed by atoms with Crippen LogP contribution in [0.5, 0.6) is 0 Å². The van der Waals surface area contributed by atoms with Gasteiger partial charge in [-0.05, 0) is 51.6 Å². The lowest BCUT2D eigenvalue weighted by molar-refractivity contribution is -0.129. The van der Waals surface area contributed by atoms with Crippen LogP contribution >= 0.6 is 0 Å². The fourth-order valence-corrected chi connectivity index (χ4v) is 4.97. The maximum atomic E-state index is 12.7. The maximum absolute atomic E-state index is 12.7. The van der Waals surface area contributed by atoms with Crippen molar-refractivity contribution in [3.63, 3.8) is 0 Å². The lowest BCUT2D eigenvalue weighted by Gasteiger charge is -2.48. The van der Waals surface area contributed by atoms with Crippen molar-refractivity contribution in [1.82, 2.24) is 10.2 Å². The first kappa shape index (κ1) is 16.8. The quantitative estimate of drug-likeness (QED) is 0.865. The number of rotatable bonds is 4. The average molecular weight is 317 g/mol. The van der Waals surface area contributed by atoms with Gasteiger partial charge in [-0.2, -0.15) is 5.26 Å². The molecule has 23 heavy (non-hydrogen) atoms. The molecule has 2 aliphatic carbocycles. The van der Waals surface area contributed by atoms with Gasteiger partial charge in [0.05, 0.1) is 6.07 Å². The normalized spacial score (nSPS) is 27.3. The molecule has 1 heterocycles. The van der Waals surface area contributed by atoms with Crippen molar-refractivity contribution in [2.45, 2.75) is 82.6 Å². The van der Waals surface area contributed by atoms with Crippen LogP contribution in [0.2, 0.25) is 0 Å². The van der Waals surface area contributed by atoms with Crippen molar-refractivity contribution in [3.8, 4) is 6.07 Å². The first-order valence-electron chi connectivity index (χ1n) is 9.66. The molecule has 3 fully saturated rings. The van der Waals surface area contributed by atoms with Gasteiger partial charge in [-0.3, -0.25) is 9.69 Å². The Labute approximate surface area is 140 Å². The molecule has 0 spiro atoms. The highest BCUT2D eigenvalue weighted by Crippen LogP contribution is 2.39. The Bertz CT molecular complexity index is 450. The van der Waals surface area contributed by atoms with Crippen molar-refractivity contribution < 1.29 is 4.79 Å². The molecule has 1 aliphatic heterocycles. The second-order valence-electron chi connectivity index (χ2n) is 7.92. The third-order valence-corrected chi connectivity index (χ3v) is 6.49. The highest BCUT2D eigenvalue weighted by atomic mass is 16.2. The molecule has 4 nitrogen and oxygen atoms in total. The summed E-state index contributed by atoms with van der Waals surface area (Å²) in [5.41, 5.74) is -0.582. The third-order valence-electron chi connectivity index (χ3n) is 6.49. The van der Waals surface area contributed by atoms with E-state index in [0.717, 1.165) is 32.2 Å². The smallest absolute Gasteiger partial charge is 0.240 e. The molecule has 0 aromatic carbocycles. The average Bonchev–Trinajstić information content (AvgIpc) is 3.12. The lowest BCUT2D eigenvalue weighted by Crippen LogP contribution is -2.59. The zero-order chi connectivity index (χ0) is 16.2. The molecule has 0 bridgehead atoms. The van der Waals surface area contributed by atoms with Gasteiger partial charge in [-0.1, -0.05) is 38.5 Å². The first-order chi connectivity index (χ1) is 11.2. The highest BCUT2D eigenvalue weighted by Gasteiger charge is 2.44. The highest BCUT2D eigenvalue weighted by molar-refractivity contribution is 5.85. The Kier molecular flexibility index (Phi) is 5.26. The summed E-state index contributed by atoms with van der Waals surface area (Å²) in [5, 5.41) is 12.7. The van der Waals surface area contributed by atoms with Gasteiger partial charge in [-0.15, -0.1) is 0 Å². The zero-order valence-corrected chi connectivity index (χ0v) is 14.4. The fourth-order valence-electron chi connectivity index (χ4n) is 4.97. The third kappa shape index (κ3) is 3.40. The van der Waals surface area contributed by atoms with Gasteiger partial charge in [0.1, 0.15) is 5.41 Å². The van der Waals surface area contributed by atoms with E-state index < -0.39 is 5.41 Å². The summed E-state index contributed by atoms with van der Waals surface area (Å²) in [6.45, 7) is 3.10. The molecule has 128 valence electrons. The van der Waals surface area contributed by atoms with Crippen LogP contribution in [0.1, 0.15) is 77.0 Å². The van der Waals surface area contributed by atoms with Crippen molar-refractivity contribution in [2.75, 3.05) is 19.6 Å². The summed E-state index contributed by atoms with van der Waals surface area (Å²) in [6, 6.07) is 2.33. The van der Waals surface area contributed by atoms with Crippen LogP contribution in [0.25, 0.3) is 0 Å². The maximum Gasteiger partial charge on any atom is 0.240 e. The number of carbonyl (C=O) groups is 1. The summed E-state index contributed by atoms with van der Waals surface area (Å²) in [5.74, 6) is -0.000502. The molecule has 0 radical (unpaired) electrons. The van der Waals surface area contributed by atoms with E-state index in [1.54, 1.807) is 0 Å². The molecular formula is C19H31N3O. The van der Waals surface area contributed by atoms with Gasteiger partial charge in [-0.25, -0.2) is 0 Å². The van der Waals surface area contributed by atoms with E-state index in [4.69, 9.17) is 0 Å². The molecule has 3 rings (SSSR count). The molecule has 3 aliphatic rings. The minimum absolute atomic E-state index is 0.000502. The fraction of sp³-hybridized carbons (Fsp3) is 0.895. The Morgan fingerprint density at radius 1 is 0.913 bits per heavy atom. The Balaban J connectivity index is 1.66. The largest absolute Gasteiger partial charge is 0.353 e.